The van der Waals surface area contributed by atoms with Gasteiger partial charge in [-0.1, -0.05) is 6.08 Å². The summed E-state index contributed by atoms with van der Waals surface area (Å²) in [6.45, 7) is 10.6. The second-order valence-electron chi connectivity index (χ2n) is 7.96. The van der Waals surface area contributed by atoms with Crippen molar-refractivity contribution < 1.29 is 9.53 Å². The largest absolute Gasteiger partial charge is 0.444 e. The molecule has 3 N–H and O–H groups in total. The third-order valence-corrected chi connectivity index (χ3v) is 4.40. The van der Waals surface area contributed by atoms with Crippen molar-refractivity contribution >= 4 is 35.7 Å². The molecule has 10 nitrogen and oxygen atoms in total. The fourth-order valence-electron chi connectivity index (χ4n) is 2.71. The van der Waals surface area contributed by atoms with Crippen molar-refractivity contribution in [2.45, 2.75) is 38.4 Å². The first-order valence-electron chi connectivity index (χ1n) is 10.2. The molecule has 3 aromatic heterocycles. The summed E-state index contributed by atoms with van der Waals surface area (Å²) in [5, 5.41) is 13.3. The normalized spacial score (nSPS) is 12.4. The van der Waals surface area contributed by atoms with Crippen molar-refractivity contribution in [1.82, 2.24) is 35.4 Å². The third kappa shape index (κ3) is 6.92. The van der Waals surface area contributed by atoms with E-state index >= 15 is 0 Å². The minimum Gasteiger partial charge on any atom is -0.444 e. The monoisotopic (exact) mass is 456 g/mol. The lowest BCUT2D eigenvalue weighted by Crippen LogP contribution is -2.34. The molecule has 0 aromatic carbocycles. The molecule has 32 heavy (non-hydrogen) atoms. The summed E-state index contributed by atoms with van der Waals surface area (Å²) in [5.41, 5.74) is 1.84. The van der Waals surface area contributed by atoms with Crippen molar-refractivity contribution in [2.75, 3.05) is 18.4 Å². The SMILES string of the molecule is C=CCNC(S)Nc1ccc2ncc(-c3cnn(CCNC(=O)OC(C)(C)C)c3)nc2n1. The summed E-state index contributed by atoms with van der Waals surface area (Å²) >= 11 is 4.42. The van der Waals surface area contributed by atoms with E-state index in [1.165, 1.54) is 0 Å². The van der Waals surface area contributed by atoms with Gasteiger partial charge in [0, 0.05) is 24.8 Å². The highest BCUT2D eigenvalue weighted by atomic mass is 32.1. The van der Waals surface area contributed by atoms with Crippen LogP contribution in [0.25, 0.3) is 22.4 Å². The summed E-state index contributed by atoms with van der Waals surface area (Å²) in [4.78, 5) is 25.3. The number of nitrogens with one attached hydrogen (secondary N) is 3. The average Bonchev–Trinajstić information content (AvgIpc) is 3.19. The Morgan fingerprint density at radius 1 is 1.31 bits per heavy atom. The van der Waals surface area contributed by atoms with Crippen LogP contribution in [0.1, 0.15) is 20.8 Å². The fourth-order valence-corrected chi connectivity index (χ4v) is 2.95. The zero-order chi connectivity index (χ0) is 23.1. The second-order valence-corrected chi connectivity index (χ2v) is 8.48. The van der Waals surface area contributed by atoms with Gasteiger partial charge in [0.1, 0.15) is 22.4 Å². The van der Waals surface area contributed by atoms with E-state index in [-0.39, 0.29) is 5.50 Å². The molecular weight excluding hydrogens is 428 g/mol. The molecule has 0 saturated carbocycles. The van der Waals surface area contributed by atoms with Crippen LogP contribution in [-0.4, -0.2) is 55.0 Å². The van der Waals surface area contributed by atoms with Crippen molar-refractivity contribution in [2.24, 2.45) is 0 Å². The molecule has 0 bridgehead atoms. The number of rotatable bonds is 9. The number of alkyl carbamates (subject to hydrolysis) is 1. The van der Waals surface area contributed by atoms with Crippen molar-refractivity contribution in [3.05, 3.63) is 43.4 Å². The Morgan fingerprint density at radius 2 is 2.12 bits per heavy atom. The Hall–Kier alpha value is -3.18. The lowest BCUT2D eigenvalue weighted by molar-refractivity contribution is 0.0525. The van der Waals surface area contributed by atoms with Crippen LogP contribution in [-0.2, 0) is 11.3 Å². The van der Waals surface area contributed by atoms with Gasteiger partial charge in [-0.05, 0) is 32.9 Å². The highest BCUT2D eigenvalue weighted by molar-refractivity contribution is 7.81. The minimum atomic E-state index is -0.531. The zero-order valence-electron chi connectivity index (χ0n) is 18.4. The second kappa shape index (κ2) is 10.4. The summed E-state index contributed by atoms with van der Waals surface area (Å²) < 4.78 is 6.94. The molecule has 1 amide bonds. The molecule has 0 saturated heterocycles. The molecule has 3 heterocycles. The number of thiol groups is 1. The number of hydrogen-bond acceptors (Lipinski definition) is 9. The van der Waals surface area contributed by atoms with E-state index in [9.17, 15) is 4.79 Å². The lowest BCUT2D eigenvalue weighted by Gasteiger charge is -2.19. The number of amides is 1. The van der Waals surface area contributed by atoms with Crippen LogP contribution in [0.3, 0.4) is 0 Å². The summed E-state index contributed by atoms with van der Waals surface area (Å²) in [7, 11) is 0. The quantitative estimate of drug-likeness (QED) is 0.221. The Balaban J connectivity index is 1.64. The molecule has 1 atom stereocenters. The van der Waals surface area contributed by atoms with Gasteiger partial charge in [-0.3, -0.25) is 15.0 Å². The number of ether oxygens (including phenoxy) is 1. The Labute approximate surface area is 192 Å². The maximum atomic E-state index is 11.7. The van der Waals surface area contributed by atoms with Gasteiger partial charge in [-0.25, -0.2) is 14.8 Å². The van der Waals surface area contributed by atoms with Crippen LogP contribution < -0.4 is 16.0 Å². The van der Waals surface area contributed by atoms with Gasteiger partial charge in [0.05, 0.1) is 24.6 Å². The maximum absolute atomic E-state index is 11.7. The van der Waals surface area contributed by atoms with Crippen LogP contribution in [0.15, 0.2) is 43.4 Å². The number of carbonyl (C=O) groups is 1. The first-order chi connectivity index (χ1) is 15.2. The van der Waals surface area contributed by atoms with Crippen molar-refractivity contribution in [3.63, 3.8) is 0 Å². The van der Waals surface area contributed by atoms with E-state index in [0.717, 1.165) is 5.56 Å². The molecule has 3 rings (SSSR count). The van der Waals surface area contributed by atoms with Crippen molar-refractivity contribution in [1.29, 1.82) is 0 Å². The van der Waals surface area contributed by atoms with E-state index in [4.69, 9.17) is 4.74 Å². The standard InChI is InChI=1S/C21H28N8O2S/c1-5-8-22-19(32)28-17-7-6-15-18(27-17)26-16(12-24-15)14-11-25-29(13-14)10-9-23-20(30)31-21(2,3)4/h5-7,11-13,19,22,32H,1,8-10H2,2-4H3,(H,23,30)(H,26,27,28). The van der Waals surface area contributed by atoms with Gasteiger partial charge in [-0.15, -0.1) is 19.2 Å². The fraction of sp³-hybridized carbons (Fsp3) is 0.381. The molecule has 0 aliphatic heterocycles. The Morgan fingerprint density at radius 3 is 2.88 bits per heavy atom. The molecule has 0 fully saturated rings. The third-order valence-electron chi connectivity index (χ3n) is 4.09. The average molecular weight is 457 g/mol. The molecular formula is C21H28N8O2S. The first kappa shape index (κ1) is 23.5. The van der Waals surface area contributed by atoms with E-state index in [0.29, 0.717) is 42.3 Å². The number of nitrogens with zero attached hydrogens (tertiary/aromatic N) is 5. The molecule has 0 radical (unpaired) electrons. The van der Waals surface area contributed by atoms with Gasteiger partial charge in [0.15, 0.2) is 5.65 Å². The summed E-state index contributed by atoms with van der Waals surface area (Å²) in [6, 6.07) is 3.67. The molecule has 0 aliphatic carbocycles. The van der Waals surface area contributed by atoms with Gasteiger partial charge >= 0.3 is 6.09 Å². The molecule has 0 spiro atoms. The van der Waals surface area contributed by atoms with Crippen LogP contribution >= 0.6 is 12.6 Å². The molecule has 170 valence electrons. The number of hydrogen-bond donors (Lipinski definition) is 4. The van der Waals surface area contributed by atoms with Crippen LogP contribution in [0.5, 0.6) is 0 Å². The summed E-state index contributed by atoms with van der Waals surface area (Å²) in [5.74, 6) is 0.629. The predicted octanol–water partition coefficient (Wildman–Crippen LogP) is 2.81. The maximum Gasteiger partial charge on any atom is 0.407 e. The smallest absolute Gasteiger partial charge is 0.407 e. The van der Waals surface area contributed by atoms with Gasteiger partial charge < -0.3 is 15.4 Å². The highest BCUT2D eigenvalue weighted by Gasteiger charge is 2.15. The predicted molar refractivity (Wildman–Crippen MR) is 127 cm³/mol. The van der Waals surface area contributed by atoms with Gasteiger partial charge in [-0.2, -0.15) is 5.10 Å². The number of fused-ring (bicyclic) bond motifs is 1. The van der Waals surface area contributed by atoms with Crippen LogP contribution in [0, 0.1) is 0 Å². The van der Waals surface area contributed by atoms with Gasteiger partial charge in [0.2, 0.25) is 0 Å². The Kier molecular flexibility index (Phi) is 7.65. The van der Waals surface area contributed by atoms with Crippen LogP contribution in [0.2, 0.25) is 0 Å². The van der Waals surface area contributed by atoms with Crippen molar-refractivity contribution in [3.8, 4) is 11.3 Å². The molecule has 11 heteroatoms. The number of carbonyl (C=O) groups excluding carboxylic acids is 1. The lowest BCUT2D eigenvalue weighted by atomic mass is 10.2. The molecule has 1 unspecified atom stereocenters. The van der Waals surface area contributed by atoms with E-state index in [1.54, 1.807) is 23.2 Å². The van der Waals surface area contributed by atoms with Crippen LogP contribution in [0.4, 0.5) is 10.6 Å². The summed E-state index contributed by atoms with van der Waals surface area (Å²) in [6.07, 6.45) is 6.53. The van der Waals surface area contributed by atoms with E-state index < -0.39 is 11.7 Å². The molecule has 3 aromatic rings. The topological polar surface area (TPSA) is 119 Å². The van der Waals surface area contributed by atoms with E-state index in [1.807, 2.05) is 39.1 Å². The highest BCUT2D eigenvalue weighted by Crippen LogP contribution is 2.19. The number of anilines is 1. The van der Waals surface area contributed by atoms with E-state index in [2.05, 4.69) is 55.2 Å². The van der Waals surface area contributed by atoms with Gasteiger partial charge in [0.25, 0.3) is 0 Å². The number of pyridine rings is 1. The molecule has 0 aliphatic rings. The minimum absolute atomic E-state index is 0.276. The Bertz CT molecular complexity index is 1080. The first-order valence-corrected chi connectivity index (χ1v) is 10.7. The zero-order valence-corrected chi connectivity index (χ0v) is 19.3. The number of aromatic nitrogens is 5.